The lowest BCUT2D eigenvalue weighted by atomic mass is 10.1. The van der Waals surface area contributed by atoms with Crippen molar-refractivity contribution in [1.29, 1.82) is 0 Å². The zero-order chi connectivity index (χ0) is 17.4. The molecule has 0 unspecified atom stereocenters. The molecule has 1 aromatic carbocycles. The molecule has 128 valence electrons. The second kappa shape index (κ2) is 8.76. The van der Waals surface area contributed by atoms with Crippen LogP contribution in [0.25, 0.3) is 0 Å². The normalized spacial score (nSPS) is 11.2. The fourth-order valence-electron chi connectivity index (χ4n) is 2.41. The van der Waals surface area contributed by atoms with Gasteiger partial charge in [0.05, 0.1) is 0 Å². The van der Waals surface area contributed by atoms with Crippen LogP contribution in [-0.4, -0.2) is 37.1 Å². The van der Waals surface area contributed by atoms with Gasteiger partial charge in [0.2, 0.25) is 0 Å². The fourth-order valence-corrected chi connectivity index (χ4v) is 2.41. The minimum atomic E-state index is -0.0647. The van der Waals surface area contributed by atoms with Gasteiger partial charge in [-0.1, -0.05) is 12.1 Å². The summed E-state index contributed by atoms with van der Waals surface area (Å²) in [5, 5.41) is 9.22. The van der Waals surface area contributed by atoms with Crippen molar-refractivity contribution in [2.75, 3.05) is 20.6 Å². The van der Waals surface area contributed by atoms with Gasteiger partial charge in [0.25, 0.3) is 5.91 Å². The number of carbonyl (C=O) groups is 1. The Labute approximate surface area is 143 Å². The third kappa shape index (κ3) is 5.15. The van der Waals surface area contributed by atoms with Gasteiger partial charge in [-0.25, -0.2) is 0 Å². The molecule has 1 aromatic heterocycles. The van der Waals surface area contributed by atoms with E-state index in [1.165, 1.54) is 5.56 Å². The van der Waals surface area contributed by atoms with Gasteiger partial charge in [0.1, 0.15) is 0 Å². The number of hydrogen-bond acceptors (Lipinski definition) is 2. The second-order valence-corrected chi connectivity index (χ2v) is 5.57. The zero-order valence-corrected chi connectivity index (χ0v) is 14.5. The number of rotatable bonds is 6. The van der Waals surface area contributed by atoms with Gasteiger partial charge < -0.3 is 20.5 Å². The number of hydrogen-bond donors (Lipinski definition) is 3. The van der Waals surface area contributed by atoms with Crippen LogP contribution < -0.4 is 16.0 Å². The Kier molecular flexibility index (Phi) is 6.42. The highest BCUT2D eigenvalue weighted by Gasteiger charge is 2.04. The van der Waals surface area contributed by atoms with Crippen LogP contribution in [0.2, 0.25) is 0 Å². The first-order valence-corrected chi connectivity index (χ1v) is 7.98. The maximum Gasteiger partial charge on any atom is 0.251 e. The van der Waals surface area contributed by atoms with Gasteiger partial charge in [-0.15, -0.1) is 0 Å². The van der Waals surface area contributed by atoms with E-state index in [-0.39, 0.29) is 5.91 Å². The maximum absolute atomic E-state index is 11.7. The van der Waals surface area contributed by atoms with E-state index < -0.39 is 0 Å². The predicted octanol–water partition coefficient (Wildman–Crippen LogP) is 1.29. The highest BCUT2D eigenvalue weighted by Crippen LogP contribution is 2.05. The molecular formula is C18H25N5O. The Morgan fingerprint density at radius 2 is 2.04 bits per heavy atom. The molecule has 1 amide bonds. The lowest BCUT2D eigenvalue weighted by Crippen LogP contribution is -2.37. The van der Waals surface area contributed by atoms with E-state index in [9.17, 15) is 4.79 Å². The highest BCUT2D eigenvalue weighted by atomic mass is 16.1. The van der Waals surface area contributed by atoms with Gasteiger partial charge in [-0.3, -0.25) is 9.79 Å². The lowest BCUT2D eigenvalue weighted by molar-refractivity contribution is 0.0963. The first-order valence-electron chi connectivity index (χ1n) is 7.98. The molecular weight excluding hydrogens is 302 g/mol. The summed E-state index contributed by atoms with van der Waals surface area (Å²) >= 11 is 0. The van der Waals surface area contributed by atoms with Crippen LogP contribution in [0.3, 0.4) is 0 Å². The third-order valence-electron chi connectivity index (χ3n) is 3.70. The van der Waals surface area contributed by atoms with Gasteiger partial charge in [0, 0.05) is 52.2 Å². The van der Waals surface area contributed by atoms with Crippen LogP contribution in [0.1, 0.15) is 21.5 Å². The quantitative estimate of drug-likeness (QED) is 0.553. The summed E-state index contributed by atoms with van der Waals surface area (Å²) < 4.78 is 2.02. The van der Waals surface area contributed by atoms with Gasteiger partial charge in [0.15, 0.2) is 5.96 Å². The van der Waals surface area contributed by atoms with E-state index in [4.69, 9.17) is 0 Å². The van der Waals surface area contributed by atoms with Crippen LogP contribution in [0, 0.1) is 0 Å². The summed E-state index contributed by atoms with van der Waals surface area (Å²) in [6.45, 7) is 1.47. The standard InChI is InChI=1S/C18H25N5O/c1-19-17(24)16-6-4-5-14(11-16)7-9-21-18(20-2)22-12-15-8-10-23(3)13-15/h4-6,8,10-11,13H,7,9,12H2,1-3H3,(H,19,24)(H2,20,21,22). The molecule has 0 saturated heterocycles. The molecule has 2 aromatic rings. The van der Waals surface area contributed by atoms with Gasteiger partial charge in [-0.2, -0.15) is 0 Å². The van der Waals surface area contributed by atoms with Crippen molar-refractivity contribution in [2.24, 2.45) is 12.0 Å². The van der Waals surface area contributed by atoms with Crippen LogP contribution in [0.15, 0.2) is 47.7 Å². The molecule has 2 rings (SSSR count). The van der Waals surface area contributed by atoms with Crippen LogP contribution in [0.4, 0.5) is 0 Å². The number of carbonyl (C=O) groups excluding carboxylic acids is 1. The minimum Gasteiger partial charge on any atom is -0.357 e. The first kappa shape index (κ1) is 17.6. The van der Waals surface area contributed by atoms with E-state index in [2.05, 4.69) is 33.2 Å². The smallest absolute Gasteiger partial charge is 0.251 e. The topological polar surface area (TPSA) is 70.4 Å². The predicted molar refractivity (Wildman–Crippen MR) is 97.2 cm³/mol. The summed E-state index contributed by atoms with van der Waals surface area (Å²) in [6, 6.07) is 9.73. The number of aliphatic imine (C=N–C) groups is 1. The molecule has 3 N–H and O–H groups in total. The summed E-state index contributed by atoms with van der Waals surface area (Å²) in [5.74, 6) is 0.700. The van der Waals surface area contributed by atoms with E-state index in [0.29, 0.717) is 5.56 Å². The molecule has 0 bridgehead atoms. The van der Waals surface area contributed by atoms with E-state index in [1.807, 2.05) is 42.1 Å². The highest BCUT2D eigenvalue weighted by molar-refractivity contribution is 5.94. The average Bonchev–Trinajstić information content (AvgIpc) is 3.02. The van der Waals surface area contributed by atoms with Crippen LogP contribution >= 0.6 is 0 Å². The van der Waals surface area contributed by atoms with Gasteiger partial charge >= 0.3 is 0 Å². The van der Waals surface area contributed by atoms with Gasteiger partial charge in [-0.05, 0) is 35.7 Å². The van der Waals surface area contributed by atoms with Crippen molar-refractivity contribution in [3.63, 3.8) is 0 Å². The average molecular weight is 327 g/mol. The van der Waals surface area contributed by atoms with E-state index in [0.717, 1.165) is 31.0 Å². The lowest BCUT2D eigenvalue weighted by Gasteiger charge is -2.11. The monoisotopic (exact) mass is 327 g/mol. The first-order chi connectivity index (χ1) is 11.6. The minimum absolute atomic E-state index is 0.0647. The number of aromatic nitrogens is 1. The van der Waals surface area contributed by atoms with Crippen molar-refractivity contribution in [3.05, 3.63) is 59.4 Å². The molecule has 6 heteroatoms. The molecule has 0 aliphatic rings. The fraction of sp³-hybridized carbons (Fsp3) is 0.333. The number of guanidine groups is 1. The summed E-state index contributed by atoms with van der Waals surface area (Å²) in [4.78, 5) is 15.9. The molecule has 0 atom stereocenters. The van der Waals surface area contributed by atoms with Crippen molar-refractivity contribution in [1.82, 2.24) is 20.5 Å². The van der Waals surface area contributed by atoms with E-state index in [1.54, 1.807) is 14.1 Å². The largest absolute Gasteiger partial charge is 0.357 e. The Morgan fingerprint density at radius 1 is 1.21 bits per heavy atom. The number of aryl methyl sites for hydroxylation is 1. The summed E-state index contributed by atoms with van der Waals surface area (Å²) in [7, 11) is 5.40. The molecule has 6 nitrogen and oxygen atoms in total. The van der Waals surface area contributed by atoms with Crippen LogP contribution in [-0.2, 0) is 20.0 Å². The Hall–Kier alpha value is -2.76. The van der Waals surface area contributed by atoms with Crippen molar-refractivity contribution >= 4 is 11.9 Å². The molecule has 0 spiro atoms. The van der Waals surface area contributed by atoms with Crippen molar-refractivity contribution < 1.29 is 4.79 Å². The summed E-state index contributed by atoms with van der Waals surface area (Å²) in [5.41, 5.74) is 3.00. The van der Waals surface area contributed by atoms with Crippen molar-refractivity contribution in [2.45, 2.75) is 13.0 Å². The molecule has 0 fully saturated rings. The third-order valence-corrected chi connectivity index (χ3v) is 3.70. The Balaban J connectivity index is 1.80. The van der Waals surface area contributed by atoms with Crippen molar-refractivity contribution in [3.8, 4) is 0 Å². The molecule has 1 heterocycles. The zero-order valence-electron chi connectivity index (χ0n) is 14.5. The number of nitrogens with one attached hydrogen (secondary N) is 3. The molecule has 24 heavy (non-hydrogen) atoms. The number of benzene rings is 1. The number of nitrogens with zero attached hydrogens (tertiary/aromatic N) is 2. The molecule has 0 aliphatic heterocycles. The second-order valence-electron chi connectivity index (χ2n) is 5.57. The Morgan fingerprint density at radius 3 is 2.71 bits per heavy atom. The summed E-state index contributed by atoms with van der Waals surface area (Å²) in [6.07, 6.45) is 4.91. The molecule has 0 aliphatic carbocycles. The Bertz CT molecular complexity index is 705. The number of amides is 1. The molecule has 0 saturated carbocycles. The van der Waals surface area contributed by atoms with Crippen LogP contribution in [0.5, 0.6) is 0 Å². The van der Waals surface area contributed by atoms with E-state index >= 15 is 0 Å². The SMILES string of the molecule is CN=C(NCCc1cccc(C(=O)NC)c1)NCc1ccn(C)c1. The maximum atomic E-state index is 11.7. The molecule has 0 radical (unpaired) electrons.